The maximum absolute atomic E-state index is 13.2. The smallest absolute Gasteiger partial charge is 0.243 e. The predicted molar refractivity (Wildman–Crippen MR) is 128 cm³/mol. The number of rotatable bonds is 13. The van der Waals surface area contributed by atoms with Crippen LogP contribution in [0.4, 0.5) is 4.39 Å². The maximum atomic E-state index is 13.2. The highest BCUT2D eigenvalue weighted by Gasteiger charge is 2.30. The van der Waals surface area contributed by atoms with Gasteiger partial charge in [-0.05, 0) is 42.9 Å². The number of nitrogens with two attached hydrogens (primary N) is 4. The number of halogens is 1. The summed E-state index contributed by atoms with van der Waals surface area (Å²) in [6.45, 7) is 0.346. The molecule has 11 heteroatoms. The molecule has 34 heavy (non-hydrogen) atoms. The lowest BCUT2D eigenvalue weighted by Gasteiger charge is -2.25. The first kappa shape index (κ1) is 27.0. The average Bonchev–Trinajstić information content (AvgIpc) is 3.29. The zero-order valence-corrected chi connectivity index (χ0v) is 19.3. The third kappa shape index (κ3) is 9.34. The second kappa shape index (κ2) is 13.5. The molecular formula is C23H36FN7O3. The van der Waals surface area contributed by atoms with Crippen molar-refractivity contribution in [2.75, 3.05) is 6.54 Å². The molecule has 1 aliphatic rings. The average molecular weight is 478 g/mol. The summed E-state index contributed by atoms with van der Waals surface area (Å²) in [5.74, 6) is -1.83. The van der Waals surface area contributed by atoms with Gasteiger partial charge in [0.2, 0.25) is 17.7 Å². The van der Waals surface area contributed by atoms with Crippen LogP contribution in [0.15, 0.2) is 29.3 Å². The highest BCUT2D eigenvalue weighted by Crippen LogP contribution is 2.28. The number of carbonyl (C=O) groups excluding carboxylic acids is 3. The monoisotopic (exact) mass is 477 g/mol. The van der Waals surface area contributed by atoms with Gasteiger partial charge in [0.05, 0.1) is 6.04 Å². The van der Waals surface area contributed by atoms with Crippen molar-refractivity contribution in [3.63, 3.8) is 0 Å². The van der Waals surface area contributed by atoms with E-state index in [0.29, 0.717) is 37.3 Å². The van der Waals surface area contributed by atoms with Crippen LogP contribution in [-0.4, -0.2) is 48.4 Å². The summed E-state index contributed by atoms with van der Waals surface area (Å²) in [5.41, 5.74) is 22.7. The summed E-state index contributed by atoms with van der Waals surface area (Å²) in [6, 6.07) is 2.90. The van der Waals surface area contributed by atoms with Crippen LogP contribution in [-0.2, 0) is 20.8 Å². The highest BCUT2D eigenvalue weighted by molar-refractivity contribution is 5.92. The van der Waals surface area contributed by atoms with Crippen LogP contribution in [0.3, 0.4) is 0 Å². The van der Waals surface area contributed by atoms with E-state index in [1.807, 2.05) is 0 Å². The van der Waals surface area contributed by atoms with Gasteiger partial charge in [-0.15, -0.1) is 0 Å². The molecule has 1 saturated carbocycles. The summed E-state index contributed by atoms with van der Waals surface area (Å²) in [6.07, 6.45) is 5.49. The van der Waals surface area contributed by atoms with E-state index in [0.717, 1.165) is 25.7 Å². The minimum atomic E-state index is -1.01. The summed E-state index contributed by atoms with van der Waals surface area (Å²) >= 11 is 0. The normalized spacial score (nSPS) is 16.3. The minimum absolute atomic E-state index is 0.0315. The van der Waals surface area contributed by atoms with Gasteiger partial charge in [0.15, 0.2) is 5.96 Å². The van der Waals surface area contributed by atoms with Crippen LogP contribution < -0.4 is 33.6 Å². The molecule has 1 aromatic rings. The van der Waals surface area contributed by atoms with E-state index in [1.165, 1.54) is 24.3 Å². The molecule has 0 aliphatic heterocycles. The largest absolute Gasteiger partial charge is 0.370 e. The van der Waals surface area contributed by atoms with Gasteiger partial charge in [-0.2, -0.15) is 0 Å². The van der Waals surface area contributed by atoms with E-state index in [9.17, 15) is 18.8 Å². The van der Waals surface area contributed by atoms with E-state index in [1.54, 1.807) is 0 Å². The Bertz CT molecular complexity index is 853. The number of guanidine groups is 1. The van der Waals surface area contributed by atoms with Gasteiger partial charge in [0.1, 0.15) is 17.9 Å². The van der Waals surface area contributed by atoms with Gasteiger partial charge < -0.3 is 33.6 Å². The quantitative estimate of drug-likeness (QED) is 0.129. The first-order chi connectivity index (χ1) is 16.2. The topological polar surface area (TPSA) is 192 Å². The number of amides is 3. The number of nitrogens with one attached hydrogen (secondary N) is 2. The Balaban J connectivity index is 2.02. The second-order valence-electron chi connectivity index (χ2n) is 8.80. The zero-order chi connectivity index (χ0) is 25.1. The summed E-state index contributed by atoms with van der Waals surface area (Å²) in [7, 11) is 0. The fraction of sp³-hybridized carbons (Fsp3) is 0.565. The van der Waals surface area contributed by atoms with E-state index in [4.69, 9.17) is 22.9 Å². The van der Waals surface area contributed by atoms with Crippen molar-refractivity contribution in [1.29, 1.82) is 0 Å². The van der Waals surface area contributed by atoms with Gasteiger partial charge in [-0.3, -0.25) is 19.4 Å². The molecule has 0 saturated heterocycles. The molecule has 0 heterocycles. The predicted octanol–water partition coefficient (Wildman–Crippen LogP) is -0.216. The molecule has 3 amide bonds. The van der Waals surface area contributed by atoms with Crippen molar-refractivity contribution in [1.82, 2.24) is 10.6 Å². The standard InChI is InChI=1S/C23H36FN7O3/c24-16-9-7-15(8-10-16)12-18(20(26)32)30-22(34)19(13-14-4-1-2-5-14)31-21(33)17(25)6-3-11-29-23(27)28/h7-10,14,17-19H,1-6,11-13,25H2,(H2,26,32)(H,30,34)(H,31,33)(H4,27,28,29)/t17-,18-,19-/m0/s1. The Morgan fingerprint density at radius 2 is 1.62 bits per heavy atom. The van der Waals surface area contributed by atoms with E-state index < -0.39 is 41.7 Å². The molecule has 0 aromatic heterocycles. The summed E-state index contributed by atoms with van der Waals surface area (Å²) in [5, 5.41) is 5.40. The van der Waals surface area contributed by atoms with Crippen LogP contribution >= 0.6 is 0 Å². The number of carbonyl (C=O) groups is 3. The van der Waals surface area contributed by atoms with Crippen molar-refractivity contribution < 1.29 is 18.8 Å². The molecule has 0 radical (unpaired) electrons. The molecule has 188 valence electrons. The Hall–Kier alpha value is -3.21. The van der Waals surface area contributed by atoms with Gasteiger partial charge in [-0.25, -0.2) is 4.39 Å². The SMILES string of the molecule is NC(=O)[C@H](Cc1ccc(F)cc1)NC(=O)[C@H](CC1CCCC1)NC(=O)[C@@H](N)CCCN=C(N)N. The van der Waals surface area contributed by atoms with Crippen LogP contribution in [0.2, 0.25) is 0 Å². The van der Waals surface area contributed by atoms with E-state index in [-0.39, 0.29) is 12.4 Å². The fourth-order valence-electron chi connectivity index (χ4n) is 4.09. The molecule has 1 fully saturated rings. The fourth-order valence-corrected chi connectivity index (χ4v) is 4.09. The van der Waals surface area contributed by atoms with Crippen molar-refractivity contribution in [2.24, 2.45) is 33.8 Å². The highest BCUT2D eigenvalue weighted by atomic mass is 19.1. The maximum Gasteiger partial charge on any atom is 0.243 e. The van der Waals surface area contributed by atoms with Crippen LogP contribution in [0.25, 0.3) is 0 Å². The lowest BCUT2D eigenvalue weighted by atomic mass is 9.96. The molecular weight excluding hydrogens is 441 g/mol. The van der Waals surface area contributed by atoms with E-state index in [2.05, 4.69) is 15.6 Å². The number of nitrogens with zero attached hydrogens (tertiary/aromatic N) is 1. The molecule has 0 unspecified atom stereocenters. The van der Waals surface area contributed by atoms with Crippen molar-refractivity contribution in [3.8, 4) is 0 Å². The Kier molecular flexibility index (Phi) is 10.7. The molecule has 2 rings (SSSR count). The third-order valence-electron chi connectivity index (χ3n) is 5.99. The molecule has 1 aliphatic carbocycles. The van der Waals surface area contributed by atoms with Crippen LogP contribution in [0, 0.1) is 11.7 Å². The Morgan fingerprint density at radius 3 is 2.21 bits per heavy atom. The minimum Gasteiger partial charge on any atom is -0.370 e. The lowest BCUT2D eigenvalue weighted by Crippen LogP contribution is -2.56. The number of benzene rings is 1. The zero-order valence-electron chi connectivity index (χ0n) is 19.3. The Labute approximate surface area is 199 Å². The van der Waals surface area contributed by atoms with E-state index >= 15 is 0 Å². The molecule has 0 spiro atoms. The first-order valence-corrected chi connectivity index (χ1v) is 11.6. The molecule has 10 N–H and O–H groups in total. The van der Waals surface area contributed by atoms with Crippen LogP contribution in [0.5, 0.6) is 0 Å². The third-order valence-corrected chi connectivity index (χ3v) is 5.99. The van der Waals surface area contributed by atoms with Crippen molar-refractivity contribution in [2.45, 2.75) is 69.5 Å². The molecule has 3 atom stereocenters. The number of hydrogen-bond acceptors (Lipinski definition) is 5. The van der Waals surface area contributed by atoms with Crippen molar-refractivity contribution in [3.05, 3.63) is 35.6 Å². The number of aliphatic imine (C=N–C) groups is 1. The molecule has 0 bridgehead atoms. The van der Waals surface area contributed by atoms with Gasteiger partial charge in [-0.1, -0.05) is 37.8 Å². The Morgan fingerprint density at radius 1 is 1.00 bits per heavy atom. The van der Waals surface area contributed by atoms with Gasteiger partial charge in [0.25, 0.3) is 0 Å². The van der Waals surface area contributed by atoms with Gasteiger partial charge >= 0.3 is 0 Å². The first-order valence-electron chi connectivity index (χ1n) is 11.6. The number of primary amides is 1. The van der Waals surface area contributed by atoms with Crippen molar-refractivity contribution >= 4 is 23.7 Å². The molecule has 1 aromatic carbocycles. The van der Waals surface area contributed by atoms with Crippen LogP contribution in [0.1, 0.15) is 50.5 Å². The molecule has 10 nitrogen and oxygen atoms in total. The summed E-state index contributed by atoms with van der Waals surface area (Å²) in [4.78, 5) is 41.6. The second-order valence-corrected chi connectivity index (χ2v) is 8.80. The lowest BCUT2D eigenvalue weighted by molar-refractivity contribution is -0.132. The van der Waals surface area contributed by atoms with Gasteiger partial charge in [0, 0.05) is 13.0 Å². The summed E-state index contributed by atoms with van der Waals surface area (Å²) < 4.78 is 13.2. The number of hydrogen-bond donors (Lipinski definition) is 6.